The van der Waals surface area contributed by atoms with E-state index in [0.29, 0.717) is 39.7 Å². The smallest absolute Gasteiger partial charge is 0.275 e. The molecule has 1 aliphatic heterocycles. The lowest BCUT2D eigenvalue weighted by atomic mass is 9.60. The molecule has 1 aliphatic carbocycles. The van der Waals surface area contributed by atoms with Crippen molar-refractivity contribution < 1.29 is 4.39 Å². The van der Waals surface area contributed by atoms with Crippen LogP contribution in [0.2, 0.25) is 5.02 Å². The number of hydrogen-bond acceptors (Lipinski definition) is 7. The van der Waals surface area contributed by atoms with Crippen LogP contribution in [0.4, 0.5) is 15.8 Å². The molecule has 0 atom stereocenters. The van der Waals surface area contributed by atoms with Crippen molar-refractivity contribution >= 4 is 39.4 Å². The van der Waals surface area contributed by atoms with E-state index in [1.807, 2.05) is 6.07 Å². The van der Waals surface area contributed by atoms with E-state index in [2.05, 4.69) is 37.5 Å². The van der Waals surface area contributed by atoms with Crippen molar-refractivity contribution in [2.75, 3.05) is 43.4 Å². The maximum Gasteiger partial charge on any atom is 0.275 e. The minimum Gasteiger partial charge on any atom is -0.381 e. The molecule has 1 aromatic carbocycles. The lowest BCUT2D eigenvalue weighted by Crippen LogP contribution is -2.66. The van der Waals surface area contributed by atoms with Crippen LogP contribution in [-0.2, 0) is 7.05 Å². The summed E-state index contributed by atoms with van der Waals surface area (Å²) in [6, 6.07) is 5.87. The Balaban J connectivity index is 1.04. The fourth-order valence-corrected chi connectivity index (χ4v) is 5.90. The summed E-state index contributed by atoms with van der Waals surface area (Å²) in [6.07, 6.45) is 6.81. The number of pyridine rings is 1. The molecule has 6 rings (SSSR count). The Hall–Kier alpha value is -3.24. The summed E-state index contributed by atoms with van der Waals surface area (Å²) in [5.74, 6) is -0.315. The van der Waals surface area contributed by atoms with Gasteiger partial charge in [-0.3, -0.25) is 9.20 Å². The zero-order valence-electron chi connectivity index (χ0n) is 19.6. The molecular weight excluding hydrogens is 471 g/mol. The Bertz CT molecular complexity index is 1490. The third kappa shape index (κ3) is 3.71. The highest BCUT2D eigenvalue weighted by atomic mass is 35.5. The molecule has 1 saturated heterocycles. The molecule has 4 aromatic rings. The van der Waals surface area contributed by atoms with E-state index < -0.39 is 0 Å². The quantitative estimate of drug-likeness (QED) is 0.439. The summed E-state index contributed by atoms with van der Waals surface area (Å²) in [4.78, 5) is 17.2. The topological polar surface area (TPSA) is 83.6 Å². The van der Waals surface area contributed by atoms with Crippen molar-refractivity contribution in [1.82, 2.24) is 29.3 Å². The number of likely N-dealkylation sites (tertiary alicyclic amines) is 1. The largest absolute Gasteiger partial charge is 0.381 e. The normalized spacial score (nSPS) is 17.6. The third-order valence-electron chi connectivity index (χ3n) is 7.55. The minimum atomic E-state index is -0.315. The molecule has 1 saturated carbocycles. The Labute approximate surface area is 206 Å². The molecule has 0 unspecified atom stereocenters. The molecule has 1 N–H and O–H groups in total. The molecule has 2 fully saturated rings. The van der Waals surface area contributed by atoms with Gasteiger partial charge in [-0.2, -0.15) is 5.10 Å². The van der Waals surface area contributed by atoms with Gasteiger partial charge in [0.05, 0.1) is 22.3 Å². The number of halogens is 2. The molecule has 1 spiro atoms. The molecule has 4 heterocycles. The average Bonchev–Trinajstić information content (AvgIpc) is 3.23. The number of hydrogen-bond donors (Lipinski definition) is 1. The summed E-state index contributed by atoms with van der Waals surface area (Å²) < 4.78 is 17.1. The lowest BCUT2D eigenvalue weighted by Gasteiger charge is -2.61. The van der Waals surface area contributed by atoms with Crippen molar-refractivity contribution in [2.45, 2.75) is 18.9 Å². The summed E-state index contributed by atoms with van der Waals surface area (Å²) in [6.45, 7) is 3.62. The molecule has 35 heavy (non-hydrogen) atoms. The van der Waals surface area contributed by atoms with Crippen LogP contribution in [0.1, 0.15) is 12.8 Å². The Morgan fingerprint density at radius 2 is 2.11 bits per heavy atom. The van der Waals surface area contributed by atoms with E-state index in [0.717, 1.165) is 43.5 Å². The van der Waals surface area contributed by atoms with Gasteiger partial charge in [0.25, 0.3) is 5.56 Å². The van der Waals surface area contributed by atoms with Crippen LogP contribution in [-0.4, -0.2) is 68.5 Å². The number of fused-ring (bicyclic) bond motifs is 2. The second-order valence-corrected chi connectivity index (χ2v) is 10.3. The molecular formula is C24H26ClFN8O. The number of nitrogens with zero attached hydrogens (tertiary/aromatic N) is 7. The lowest BCUT2D eigenvalue weighted by molar-refractivity contribution is -0.0690. The summed E-state index contributed by atoms with van der Waals surface area (Å²) >= 11 is 6.34. The second kappa shape index (κ2) is 8.17. The number of benzene rings is 1. The van der Waals surface area contributed by atoms with Crippen LogP contribution in [0, 0.1) is 11.2 Å². The molecule has 182 valence electrons. The zero-order chi connectivity index (χ0) is 24.3. The third-order valence-corrected chi connectivity index (χ3v) is 7.86. The average molecular weight is 497 g/mol. The first-order chi connectivity index (χ1) is 16.8. The number of anilines is 2. The highest BCUT2D eigenvalue weighted by Gasteiger charge is 2.53. The molecule has 2 aliphatic rings. The highest BCUT2D eigenvalue weighted by Crippen LogP contribution is 2.51. The van der Waals surface area contributed by atoms with Crippen LogP contribution >= 0.6 is 11.6 Å². The van der Waals surface area contributed by atoms with Crippen molar-refractivity contribution in [1.29, 1.82) is 0 Å². The van der Waals surface area contributed by atoms with Gasteiger partial charge in [0.15, 0.2) is 11.5 Å². The second-order valence-electron chi connectivity index (χ2n) is 9.87. The maximum atomic E-state index is 14.2. The van der Waals surface area contributed by atoms with Crippen LogP contribution < -0.4 is 15.8 Å². The molecule has 11 heteroatoms. The highest BCUT2D eigenvalue weighted by molar-refractivity contribution is 6.35. The Morgan fingerprint density at radius 1 is 1.31 bits per heavy atom. The molecule has 0 bridgehead atoms. The molecule has 3 aromatic heterocycles. The van der Waals surface area contributed by atoms with E-state index in [9.17, 15) is 9.18 Å². The predicted molar refractivity (Wildman–Crippen MR) is 134 cm³/mol. The summed E-state index contributed by atoms with van der Waals surface area (Å²) in [7, 11) is 3.72. The van der Waals surface area contributed by atoms with E-state index in [1.54, 1.807) is 29.8 Å². The van der Waals surface area contributed by atoms with Gasteiger partial charge in [-0.05, 0) is 30.4 Å². The number of aryl methyl sites for hydroxylation is 1. The number of nitrogens with one attached hydrogen (secondary N) is 1. The molecule has 9 nitrogen and oxygen atoms in total. The number of rotatable bonds is 6. The van der Waals surface area contributed by atoms with E-state index >= 15 is 0 Å². The van der Waals surface area contributed by atoms with Gasteiger partial charge < -0.3 is 15.1 Å². The van der Waals surface area contributed by atoms with Gasteiger partial charge >= 0.3 is 0 Å². The van der Waals surface area contributed by atoms with E-state index in [-0.39, 0.29) is 11.4 Å². The van der Waals surface area contributed by atoms with Crippen molar-refractivity contribution in [2.24, 2.45) is 12.5 Å². The van der Waals surface area contributed by atoms with Crippen LogP contribution in [0.25, 0.3) is 16.4 Å². The van der Waals surface area contributed by atoms with E-state index in [1.165, 1.54) is 17.2 Å². The van der Waals surface area contributed by atoms with Crippen LogP contribution in [0.5, 0.6) is 0 Å². The first-order valence-corrected chi connectivity index (χ1v) is 12.0. The SMILES string of the molecule is CN(c1ccc(Cl)c2c(=O)n(C)ncc12)C1CC2(C1)CN(CCNc1cc3nncn3cc1F)C2. The first kappa shape index (κ1) is 22.2. The Morgan fingerprint density at radius 3 is 2.91 bits per heavy atom. The zero-order valence-corrected chi connectivity index (χ0v) is 20.3. The minimum absolute atomic E-state index is 0.183. The first-order valence-electron chi connectivity index (χ1n) is 11.7. The van der Waals surface area contributed by atoms with Gasteiger partial charge in [-0.25, -0.2) is 9.07 Å². The van der Waals surface area contributed by atoms with Gasteiger partial charge in [-0.1, -0.05) is 11.6 Å². The van der Waals surface area contributed by atoms with Gasteiger partial charge in [0.2, 0.25) is 0 Å². The van der Waals surface area contributed by atoms with Crippen molar-refractivity contribution in [3.8, 4) is 0 Å². The summed E-state index contributed by atoms with van der Waals surface area (Å²) in [5, 5.41) is 16.9. The monoisotopic (exact) mass is 496 g/mol. The maximum absolute atomic E-state index is 14.2. The van der Waals surface area contributed by atoms with Crippen molar-refractivity contribution in [3.05, 3.63) is 58.1 Å². The van der Waals surface area contributed by atoms with Crippen LogP contribution in [0.3, 0.4) is 0 Å². The summed E-state index contributed by atoms with van der Waals surface area (Å²) in [5.41, 5.74) is 2.22. The van der Waals surface area contributed by atoms with Crippen LogP contribution in [0.15, 0.2) is 41.7 Å². The van der Waals surface area contributed by atoms with E-state index in [4.69, 9.17) is 11.6 Å². The molecule has 0 amide bonds. The van der Waals surface area contributed by atoms with Gasteiger partial charge in [0, 0.05) is 69.7 Å². The number of aromatic nitrogens is 5. The van der Waals surface area contributed by atoms with Gasteiger partial charge in [0.1, 0.15) is 6.33 Å². The Kier molecular flexibility index (Phi) is 5.19. The van der Waals surface area contributed by atoms with Gasteiger partial charge in [-0.15, -0.1) is 10.2 Å². The molecule has 0 radical (unpaired) electrons. The standard InChI is InChI=1S/C24H26ClFN8O/c1-31(20-4-3-17(25)22-16(20)10-29-32(2)23(22)35)15-8-24(9-15)12-33(13-24)6-5-27-19-7-21-30-28-14-34(21)11-18(19)26/h3-4,7,10-11,14-15,27H,5-6,8-9,12-13H2,1-2H3. The predicted octanol–water partition coefficient (Wildman–Crippen LogP) is 2.78. The van der Waals surface area contributed by atoms with Crippen molar-refractivity contribution in [3.63, 3.8) is 0 Å². The fraction of sp³-hybridized carbons (Fsp3) is 0.417. The fourth-order valence-electron chi connectivity index (χ4n) is 5.65.